The number of rotatable bonds is 4. The summed E-state index contributed by atoms with van der Waals surface area (Å²) in [5, 5.41) is 3.96. The van der Waals surface area contributed by atoms with Crippen molar-refractivity contribution >= 4 is 22.4 Å². The van der Waals surface area contributed by atoms with Gasteiger partial charge in [0.2, 0.25) is 0 Å². The third kappa shape index (κ3) is 3.32. The third-order valence-corrected chi connectivity index (χ3v) is 3.63. The molecule has 0 amide bonds. The van der Waals surface area contributed by atoms with E-state index >= 15 is 0 Å². The molecule has 2 aromatic rings. The van der Waals surface area contributed by atoms with Crippen LogP contribution in [0.4, 0.5) is 5.13 Å². The SMILES string of the molecule is COC(=O)c1nc(NCc2cccc(C)c2)sc1C. The van der Waals surface area contributed by atoms with Gasteiger partial charge in [-0.25, -0.2) is 9.78 Å². The molecule has 0 saturated carbocycles. The van der Waals surface area contributed by atoms with Crippen LogP contribution in [0.15, 0.2) is 24.3 Å². The van der Waals surface area contributed by atoms with Crippen molar-refractivity contribution in [1.29, 1.82) is 0 Å². The van der Waals surface area contributed by atoms with E-state index in [1.807, 2.05) is 13.0 Å². The van der Waals surface area contributed by atoms with Gasteiger partial charge in [-0.15, -0.1) is 11.3 Å². The van der Waals surface area contributed by atoms with Crippen LogP contribution in [-0.4, -0.2) is 18.1 Å². The molecule has 0 radical (unpaired) electrons. The van der Waals surface area contributed by atoms with E-state index in [4.69, 9.17) is 0 Å². The summed E-state index contributed by atoms with van der Waals surface area (Å²) in [6.07, 6.45) is 0. The Morgan fingerprint density at radius 1 is 1.42 bits per heavy atom. The highest BCUT2D eigenvalue weighted by molar-refractivity contribution is 7.15. The second-order valence-corrected chi connectivity index (χ2v) is 5.46. The van der Waals surface area contributed by atoms with Crippen molar-refractivity contribution in [2.75, 3.05) is 12.4 Å². The number of benzene rings is 1. The Bertz CT molecular complexity index is 593. The van der Waals surface area contributed by atoms with E-state index in [2.05, 4.69) is 40.2 Å². The predicted octanol–water partition coefficient (Wildman–Crippen LogP) is 3.16. The number of thiazole rings is 1. The lowest BCUT2D eigenvalue weighted by atomic mass is 10.1. The summed E-state index contributed by atoms with van der Waals surface area (Å²) in [5.41, 5.74) is 2.80. The number of carbonyl (C=O) groups is 1. The minimum absolute atomic E-state index is 0.388. The molecular weight excluding hydrogens is 260 g/mol. The van der Waals surface area contributed by atoms with Gasteiger partial charge < -0.3 is 10.1 Å². The predicted molar refractivity (Wildman–Crippen MR) is 76.7 cm³/mol. The molecule has 0 saturated heterocycles. The summed E-state index contributed by atoms with van der Waals surface area (Å²) in [5.74, 6) is -0.391. The van der Waals surface area contributed by atoms with Crippen molar-refractivity contribution in [1.82, 2.24) is 4.98 Å². The number of aryl methyl sites for hydroxylation is 2. The molecule has 0 aliphatic carbocycles. The van der Waals surface area contributed by atoms with Crippen LogP contribution >= 0.6 is 11.3 Å². The Morgan fingerprint density at radius 3 is 2.89 bits per heavy atom. The van der Waals surface area contributed by atoms with Crippen LogP contribution in [0.25, 0.3) is 0 Å². The highest BCUT2D eigenvalue weighted by Gasteiger charge is 2.15. The zero-order valence-corrected chi connectivity index (χ0v) is 12.0. The van der Waals surface area contributed by atoms with E-state index < -0.39 is 5.97 Å². The summed E-state index contributed by atoms with van der Waals surface area (Å²) < 4.78 is 4.69. The average Bonchev–Trinajstić information content (AvgIpc) is 2.77. The van der Waals surface area contributed by atoms with E-state index in [1.165, 1.54) is 29.6 Å². The Kier molecular flexibility index (Phi) is 4.16. The summed E-state index contributed by atoms with van der Waals surface area (Å²) in [4.78, 5) is 16.6. The zero-order valence-electron chi connectivity index (χ0n) is 11.2. The Hall–Kier alpha value is -1.88. The maximum Gasteiger partial charge on any atom is 0.357 e. The molecule has 0 aliphatic rings. The third-order valence-electron chi connectivity index (χ3n) is 2.70. The van der Waals surface area contributed by atoms with Gasteiger partial charge >= 0.3 is 5.97 Å². The van der Waals surface area contributed by atoms with Crippen LogP contribution < -0.4 is 5.32 Å². The number of hydrogen-bond donors (Lipinski definition) is 1. The first-order valence-electron chi connectivity index (χ1n) is 5.95. The molecule has 1 heterocycles. The molecule has 5 heteroatoms. The standard InChI is InChI=1S/C14H16N2O2S/c1-9-5-4-6-11(7-9)8-15-14-16-12(10(2)19-14)13(17)18-3/h4-7H,8H2,1-3H3,(H,15,16). The molecule has 0 fully saturated rings. The van der Waals surface area contributed by atoms with E-state index in [-0.39, 0.29) is 0 Å². The normalized spacial score (nSPS) is 10.3. The van der Waals surface area contributed by atoms with Gasteiger partial charge in [-0.2, -0.15) is 0 Å². The molecule has 0 atom stereocenters. The first-order valence-corrected chi connectivity index (χ1v) is 6.77. The fourth-order valence-corrected chi connectivity index (χ4v) is 2.55. The van der Waals surface area contributed by atoms with Gasteiger partial charge in [0.25, 0.3) is 0 Å². The van der Waals surface area contributed by atoms with Crippen LogP contribution in [0, 0.1) is 13.8 Å². The monoisotopic (exact) mass is 276 g/mol. The van der Waals surface area contributed by atoms with Gasteiger partial charge in [0.05, 0.1) is 7.11 Å². The average molecular weight is 276 g/mol. The molecule has 1 aromatic heterocycles. The van der Waals surface area contributed by atoms with E-state index in [0.29, 0.717) is 12.2 Å². The van der Waals surface area contributed by atoms with E-state index in [1.54, 1.807) is 0 Å². The van der Waals surface area contributed by atoms with E-state index in [0.717, 1.165) is 10.0 Å². The van der Waals surface area contributed by atoms with Crippen LogP contribution in [0.3, 0.4) is 0 Å². The quantitative estimate of drug-likeness (QED) is 0.872. The molecule has 100 valence electrons. The van der Waals surface area contributed by atoms with Gasteiger partial charge in [0, 0.05) is 11.4 Å². The molecular formula is C14H16N2O2S. The fraction of sp³-hybridized carbons (Fsp3) is 0.286. The lowest BCUT2D eigenvalue weighted by molar-refractivity contribution is 0.0594. The fourth-order valence-electron chi connectivity index (χ4n) is 1.76. The van der Waals surface area contributed by atoms with Gasteiger partial charge in [0.1, 0.15) is 0 Å². The Labute approximate surface area is 116 Å². The van der Waals surface area contributed by atoms with Crippen molar-refractivity contribution in [2.45, 2.75) is 20.4 Å². The second kappa shape index (κ2) is 5.84. The minimum atomic E-state index is -0.391. The lowest BCUT2D eigenvalue weighted by Crippen LogP contribution is -2.04. The maximum absolute atomic E-state index is 11.5. The number of methoxy groups -OCH3 is 1. The highest BCUT2D eigenvalue weighted by Crippen LogP contribution is 2.23. The van der Waals surface area contributed by atoms with Crippen molar-refractivity contribution in [3.63, 3.8) is 0 Å². The summed E-state index contributed by atoms with van der Waals surface area (Å²) in [6, 6.07) is 8.27. The molecule has 19 heavy (non-hydrogen) atoms. The molecule has 0 spiro atoms. The Balaban J connectivity index is 2.06. The minimum Gasteiger partial charge on any atom is -0.464 e. The van der Waals surface area contributed by atoms with Crippen LogP contribution in [0.1, 0.15) is 26.5 Å². The number of hydrogen-bond acceptors (Lipinski definition) is 5. The summed E-state index contributed by atoms with van der Waals surface area (Å²) >= 11 is 1.46. The molecule has 0 bridgehead atoms. The topological polar surface area (TPSA) is 51.2 Å². The molecule has 4 nitrogen and oxygen atoms in total. The van der Waals surface area contributed by atoms with Gasteiger partial charge in [-0.1, -0.05) is 29.8 Å². The number of carbonyl (C=O) groups excluding carboxylic acids is 1. The first kappa shape index (κ1) is 13.5. The van der Waals surface area contributed by atoms with Gasteiger partial charge in [-0.3, -0.25) is 0 Å². The van der Waals surface area contributed by atoms with Crippen molar-refractivity contribution < 1.29 is 9.53 Å². The zero-order chi connectivity index (χ0) is 13.8. The number of aromatic nitrogens is 1. The van der Waals surface area contributed by atoms with Crippen LogP contribution in [-0.2, 0) is 11.3 Å². The Morgan fingerprint density at radius 2 is 2.21 bits per heavy atom. The largest absolute Gasteiger partial charge is 0.464 e. The van der Waals surface area contributed by atoms with Crippen molar-refractivity contribution in [3.8, 4) is 0 Å². The first-order chi connectivity index (χ1) is 9.10. The molecule has 1 aromatic carbocycles. The van der Waals surface area contributed by atoms with Gasteiger partial charge in [0.15, 0.2) is 10.8 Å². The maximum atomic E-state index is 11.5. The molecule has 1 N–H and O–H groups in total. The molecule has 2 rings (SSSR count). The van der Waals surface area contributed by atoms with Gasteiger partial charge in [-0.05, 0) is 19.4 Å². The summed E-state index contributed by atoms with van der Waals surface area (Å²) in [6.45, 7) is 4.61. The van der Waals surface area contributed by atoms with E-state index in [9.17, 15) is 4.79 Å². The number of esters is 1. The molecule has 0 aliphatic heterocycles. The number of ether oxygens (including phenoxy) is 1. The number of nitrogens with one attached hydrogen (secondary N) is 1. The smallest absolute Gasteiger partial charge is 0.357 e. The van der Waals surface area contributed by atoms with Crippen molar-refractivity contribution in [3.05, 3.63) is 46.0 Å². The number of nitrogens with zero attached hydrogens (tertiary/aromatic N) is 1. The number of anilines is 1. The summed E-state index contributed by atoms with van der Waals surface area (Å²) in [7, 11) is 1.36. The van der Waals surface area contributed by atoms with Crippen LogP contribution in [0.5, 0.6) is 0 Å². The van der Waals surface area contributed by atoms with Crippen molar-refractivity contribution in [2.24, 2.45) is 0 Å². The van der Waals surface area contributed by atoms with Crippen LogP contribution in [0.2, 0.25) is 0 Å². The second-order valence-electron chi connectivity index (χ2n) is 4.26. The molecule has 0 unspecified atom stereocenters. The lowest BCUT2D eigenvalue weighted by Gasteiger charge is -2.03. The highest BCUT2D eigenvalue weighted by atomic mass is 32.1.